The van der Waals surface area contributed by atoms with E-state index in [1.54, 1.807) is 0 Å². The first-order valence-electron chi connectivity index (χ1n) is 11.5. The van der Waals surface area contributed by atoms with Gasteiger partial charge < -0.3 is 23.7 Å². The Morgan fingerprint density at radius 2 is 1.35 bits per heavy atom. The molecule has 4 fully saturated rings. The lowest BCUT2D eigenvalue weighted by Crippen LogP contribution is -2.31. The predicted molar refractivity (Wildman–Crippen MR) is 114 cm³/mol. The Morgan fingerprint density at radius 1 is 0.774 bits per heavy atom. The molecule has 2 aromatic rings. The maximum atomic E-state index is 6.58. The molecule has 0 radical (unpaired) electrons. The minimum Gasteiger partial charge on any atom is -0.374 e. The SMILES string of the molecule is c1ccc(COC[C@@H]2OC3(C[C@H]4C[C@H]5O[C@H]5[C@H]4C3)O[C@H]2COCc2ccccc2)cc1. The Bertz CT molecular complexity index is 818. The van der Waals surface area contributed by atoms with Crippen molar-refractivity contribution >= 4 is 0 Å². The molecule has 31 heavy (non-hydrogen) atoms. The van der Waals surface area contributed by atoms with E-state index in [0.29, 0.717) is 50.5 Å². The van der Waals surface area contributed by atoms with Gasteiger partial charge in [0.1, 0.15) is 12.2 Å². The molecule has 164 valence electrons. The second-order valence-electron chi connectivity index (χ2n) is 9.43. The van der Waals surface area contributed by atoms with Crippen molar-refractivity contribution < 1.29 is 23.7 Å². The molecule has 1 spiro atoms. The number of ether oxygens (including phenoxy) is 5. The summed E-state index contributed by atoms with van der Waals surface area (Å²) in [6.45, 7) is 2.17. The fourth-order valence-corrected chi connectivity index (χ4v) is 5.76. The van der Waals surface area contributed by atoms with Crippen LogP contribution in [0.5, 0.6) is 0 Å². The monoisotopic (exact) mass is 422 g/mol. The summed E-state index contributed by atoms with van der Waals surface area (Å²) in [5, 5.41) is 0. The maximum Gasteiger partial charge on any atom is 0.170 e. The number of epoxide rings is 1. The fraction of sp³-hybridized carbons (Fsp3) is 0.538. The van der Waals surface area contributed by atoms with Crippen LogP contribution in [0.25, 0.3) is 0 Å². The van der Waals surface area contributed by atoms with Crippen LogP contribution in [0.1, 0.15) is 30.4 Å². The Hall–Kier alpha value is -1.76. The lowest BCUT2D eigenvalue weighted by molar-refractivity contribution is -0.180. The van der Waals surface area contributed by atoms with Gasteiger partial charge in [0.25, 0.3) is 0 Å². The summed E-state index contributed by atoms with van der Waals surface area (Å²) >= 11 is 0. The zero-order valence-corrected chi connectivity index (χ0v) is 17.7. The van der Waals surface area contributed by atoms with Gasteiger partial charge in [-0.25, -0.2) is 0 Å². The highest BCUT2D eigenvalue weighted by Gasteiger charge is 2.65. The van der Waals surface area contributed by atoms with E-state index < -0.39 is 5.79 Å². The third kappa shape index (κ3) is 4.18. The van der Waals surface area contributed by atoms with Gasteiger partial charge in [0, 0.05) is 12.8 Å². The highest BCUT2D eigenvalue weighted by atomic mass is 16.8. The van der Waals surface area contributed by atoms with E-state index in [1.165, 1.54) is 11.1 Å². The smallest absolute Gasteiger partial charge is 0.170 e. The summed E-state index contributed by atoms with van der Waals surface area (Å²) in [5.74, 6) is 0.756. The molecule has 4 aliphatic rings. The summed E-state index contributed by atoms with van der Waals surface area (Å²) in [4.78, 5) is 0. The lowest BCUT2D eigenvalue weighted by Gasteiger charge is -2.23. The Balaban J connectivity index is 1.08. The van der Waals surface area contributed by atoms with Crippen LogP contribution in [-0.2, 0) is 36.9 Å². The standard InChI is InChI=1S/C26H30O5/c1-3-7-18(8-4-1)14-27-16-23-24(17-28-15-19-9-5-2-6-10-19)31-26(30-23)12-20-11-22-25(29-22)21(20)13-26/h1-10,20-25H,11-17H2/t20-,21+,22-,23+,24+,25+/m1/s1. The molecule has 6 rings (SSSR count). The first-order valence-corrected chi connectivity index (χ1v) is 11.5. The first-order chi connectivity index (χ1) is 15.3. The van der Waals surface area contributed by atoms with E-state index in [1.807, 2.05) is 36.4 Å². The minimum absolute atomic E-state index is 0.116. The quantitative estimate of drug-likeness (QED) is 0.600. The van der Waals surface area contributed by atoms with Crippen LogP contribution in [0, 0.1) is 11.8 Å². The van der Waals surface area contributed by atoms with Crippen molar-refractivity contribution in [3.63, 3.8) is 0 Å². The first kappa shape index (κ1) is 19.9. The number of benzene rings is 2. The molecule has 0 bridgehead atoms. The molecule has 5 nitrogen and oxygen atoms in total. The maximum absolute atomic E-state index is 6.58. The Labute approximate surface area is 183 Å². The zero-order valence-electron chi connectivity index (χ0n) is 17.7. The third-order valence-corrected chi connectivity index (χ3v) is 7.24. The van der Waals surface area contributed by atoms with Crippen LogP contribution in [0.3, 0.4) is 0 Å². The number of hydrogen-bond acceptors (Lipinski definition) is 5. The van der Waals surface area contributed by atoms with E-state index in [0.717, 1.165) is 19.3 Å². The largest absolute Gasteiger partial charge is 0.374 e. The van der Waals surface area contributed by atoms with Crippen molar-refractivity contribution in [2.75, 3.05) is 13.2 Å². The third-order valence-electron chi connectivity index (χ3n) is 7.24. The molecule has 2 heterocycles. The Kier molecular flexibility index (Phi) is 5.33. The number of rotatable bonds is 8. The van der Waals surface area contributed by atoms with Crippen LogP contribution in [0.2, 0.25) is 0 Å². The van der Waals surface area contributed by atoms with Crippen LogP contribution < -0.4 is 0 Å². The van der Waals surface area contributed by atoms with Gasteiger partial charge in [-0.15, -0.1) is 0 Å². The zero-order chi connectivity index (χ0) is 20.7. The summed E-state index contributed by atoms with van der Waals surface area (Å²) in [6, 6.07) is 20.5. The second kappa shape index (κ2) is 8.30. The van der Waals surface area contributed by atoms with Gasteiger partial charge in [-0.3, -0.25) is 0 Å². The molecule has 0 N–H and O–H groups in total. The van der Waals surface area contributed by atoms with Crippen molar-refractivity contribution in [1.82, 2.24) is 0 Å². The molecule has 5 heteroatoms. The van der Waals surface area contributed by atoms with Crippen LogP contribution in [-0.4, -0.2) is 43.4 Å². The predicted octanol–water partition coefficient (Wildman–Crippen LogP) is 4.10. The topological polar surface area (TPSA) is 49.5 Å². The summed E-state index contributed by atoms with van der Waals surface area (Å²) in [7, 11) is 0. The van der Waals surface area contributed by atoms with Crippen molar-refractivity contribution in [1.29, 1.82) is 0 Å². The molecular weight excluding hydrogens is 392 g/mol. The molecule has 0 amide bonds. The van der Waals surface area contributed by atoms with Gasteiger partial charge in [0.15, 0.2) is 5.79 Å². The van der Waals surface area contributed by atoms with Crippen LogP contribution in [0.4, 0.5) is 0 Å². The molecule has 2 saturated heterocycles. The molecule has 0 aromatic heterocycles. The molecular formula is C26H30O5. The highest BCUT2D eigenvalue weighted by Crippen LogP contribution is 2.59. The second-order valence-corrected chi connectivity index (χ2v) is 9.43. The molecule has 0 unspecified atom stereocenters. The average Bonchev–Trinajstić information content (AvgIpc) is 3.18. The normalized spacial score (nSPS) is 34.7. The van der Waals surface area contributed by atoms with Gasteiger partial charge >= 0.3 is 0 Å². The van der Waals surface area contributed by atoms with Crippen LogP contribution >= 0.6 is 0 Å². The van der Waals surface area contributed by atoms with E-state index >= 15 is 0 Å². The van der Waals surface area contributed by atoms with E-state index in [4.69, 9.17) is 23.7 Å². The number of hydrogen-bond donors (Lipinski definition) is 0. The molecule has 6 atom stereocenters. The van der Waals surface area contributed by atoms with Gasteiger partial charge in [-0.05, 0) is 29.4 Å². The van der Waals surface area contributed by atoms with Gasteiger partial charge in [-0.2, -0.15) is 0 Å². The van der Waals surface area contributed by atoms with E-state index in [2.05, 4.69) is 24.3 Å². The Morgan fingerprint density at radius 3 is 1.90 bits per heavy atom. The fourth-order valence-electron chi connectivity index (χ4n) is 5.76. The summed E-state index contributed by atoms with van der Waals surface area (Å²) in [6.07, 6.45) is 3.78. The van der Waals surface area contributed by atoms with Gasteiger partial charge in [0.05, 0.1) is 38.6 Å². The highest BCUT2D eigenvalue weighted by molar-refractivity contribution is 5.14. The van der Waals surface area contributed by atoms with Crippen molar-refractivity contribution in [3.05, 3.63) is 71.8 Å². The molecule has 2 aliphatic carbocycles. The van der Waals surface area contributed by atoms with E-state index in [9.17, 15) is 0 Å². The van der Waals surface area contributed by atoms with Crippen molar-refractivity contribution in [2.45, 2.75) is 62.7 Å². The summed E-state index contributed by atoms with van der Waals surface area (Å²) < 4.78 is 31.0. The molecule has 2 saturated carbocycles. The van der Waals surface area contributed by atoms with Crippen molar-refractivity contribution in [3.8, 4) is 0 Å². The summed E-state index contributed by atoms with van der Waals surface area (Å²) in [5.41, 5.74) is 2.33. The molecule has 2 aromatic carbocycles. The van der Waals surface area contributed by atoms with Crippen LogP contribution in [0.15, 0.2) is 60.7 Å². The van der Waals surface area contributed by atoms with E-state index in [-0.39, 0.29) is 12.2 Å². The van der Waals surface area contributed by atoms with Gasteiger partial charge in [-0.1, -0.05) is 60.7 Å². The average molecular weight is 423 g/mol. The lowest BCUT2D eigenvalue weighted by atomic mass is 10.00. The molecule has 2 aliphatic heterocycles. The number of fused-ring (bicyclic) bond motifs is 3. The van der Waals surface area contributed by atoms with Crippen molar-refractivity contribution in [2.24, 2.45) is 11.8 Å². The minimum atomic E-state index is -0.492. The van der Waals surface area contributed by atoms with Gasteiger partial charge in [0.2, 0.25) is 0 Å².